The first-order chi connectivity index (χ1) is 10.7. The molecule has 22 heavy (non-hydrogen) atoms. The molecule has 1 aliphatic heterocycles. The molecule has 2 nitrogen and oxygen atoms in total. The zero-order chi connectivity index (χ0) is 15.4. The number of likely N-dealkylation sites (tertiary alicyclic amines) is 1. The maximum absolute atomic E-state index is 12.6. The lowest BCUT2D eigenvalue weighted by molar-refractivity contribution is -0.132. The Kier molecular flexibility index (Phi) is 4.57. The van der Waals surface area contributed by atoms with Crippen LogP contribution in [0.25, 0.3) is 0 Å². The lowest BCUT2D eigenvalue weighted by Crippen LogP contribution is -2.30. The van der Waals surface area contributed by atoms with Crippen molar-refractivity contribution in [2.75, 3.05) is 6.54 Å². The van der Waals surface area contributed by atoms with E-state index in [0.717, 1.165) is 25.8 Å². The van der Waals surface area contributed by atoms with Gasteiger partial charge in [0.2, 0.25) is 5.91 Å². The molecule has 0 saturated carbocycles. The Morgan fingerprint density at radius 2 is 1.95 bits per heavy atom. The lowest BCUT2D eigenvalue weighted by Gasteiger charge is -2.25. The summed E-state index contributed by atoms with van der Waals surface area (Å²) in [6, 6.07) is 19.1. The van der Waals surface area contributed by atoms with Gasteiger partial charge in [-0.3, -0.25) is 4.79 Å². The Balaban J connectivity index is 1.64. The molecule has 0 spiro atoms. The quantitative estimate of drug-likeness (QED) is 0.823. The van der Waals surface area contributed by atoms with Gasteiger partial charge in [-0.05, 0) is 37.3 Å². The van der Waals surface area contributed by atoms with E-state index < -0.39 is 0 Å². The third-order valence-corrected chi connectivity index (χ3v) is 4.47. The number of carbonyl (C=O) groups excluding carboxylic acids is 1. The molecule has 0 N–H and O–H groups in total. The van der Waals surface area contributed by atoms with E-state index in [-0.39, 0.29) is 11.9 Å². The summed E-state index contributed by atoms with van der Waals surface area (Å²) in [7, 11) is 0. The van der Waals surface area contributed by atoms with Gasteiger partial charge in [0.25, 0.3) is 0 Å². The number of benzene rings is 2. The van der Waals surface area contributed by atoms with Crippen LogP contribution in [0.4, 0.5) is 0 Å². The van der Waals surface area contributed by atoms with Crippen molar-refractivity contribution in [1.29, 1.82) is 0 Å². The average molecular weight is 293 g/mol. The number of amides is 1. The summed E-state index contributed by atoms with van der Waals surface area (Å²) in [5, 5.41) is 0. The van der Waals surface area contributed by atoms with E-state index in [4.69, 9.17) is 0 Å². The van der Waals surface area contributed by atoms with Crippen LogP contribution < -0.4 is 0 Å². The number of hydrogen-bond donors (Lipinski definition) is 0. The van der Waals surface area contributed by atoms with E-state index in [1.807, 2.05) is 6.07 Å². The second-order valence-corrected chi connectivity index (χ2v) is 6.14. The fourth-order valence-electron chi connectivity index (χ4n) is 3.35. The molecule has 2 aromatic rings. The van der Waals surface area contributed by atoms with E-state index in [0.29, 0.717) is 6.42 Å². The number of nitrogens with zero attached hydrogens (tertiary/aromatic N) is 1. The third kappa shape index (κ3) is 3.38. The summed E-state index contributed by atoms with van der Waals surface area (Å²) >= 11 is 0. The highest BCUT2D eigenvalue weighted by atomic mass is 16.2. The molecule has 2 heteroatoms. The fraction of sp³-hybridized carbons (Fsp3) is 0.350. The summed E-state index contributed by atoms with van der Waals surface area (Å²) < 4.78 is 0. The van der Waals surface area contributed by atoms with Crippen LogP contribution in [0.15, 0.2) is 54.6 Å². The van der Waals surface area contributed by atoms with Crippen LogP contribution in [-0.4, -0.2) is 17.4 Å². The summed E-state index contributed by atoms with van der Waals surface area (Å²) in [5.41, 5.74) is 3.78. The number of hydrogen-bond acceptors (Lipinski definition) is 1. The van der Waals surface area contributed by atoms with E-state index in [1.165, 1.54) is 16.7 Å². The highest BCUT2D eigenvalue weighted by molar-refractivity contribution is 5.77. The van der Waals surface area contributed by atoms with E-state index in [9.17, 15) is 4.79 Å². The second kappa shape index (κ2) is 6.78. The smallest absolute Gasteiger partial charge is 0.223 e. The second-order valence-electron chi connectivity index (χ2n) is 6.14. The van der Waals surface area contributed by atoms with Crippen molar-refractivity contribution in [3.8, 4) is 0 Å². The molecule has 0 aliphatic carbocycles. The molecule has 1 saturated heterocycles. The van der Waals surface area contributed by atoms with Gasteiger partial charge in [-0.25, -0.2) is 0 Å². The zero-order valence-electron chi connectivity index (χ0n) is 13.2. The molecular formula is C20H23NO. The summed E-state index contributed by atoms with van der Waals surface area (Å²) in [4.78, 5) is 14.7. The van der Waals surface area contributed by atoms with Gasteiger partial charge in [-0.2, -0.15) is 0 Å². The SMILES string of the molecule is Cc1cccc(CCC(=O)N2CCCC2c2ccccc2)c1. The molecule has 114 valence electrons. The van der Waals surface area contributed by atoms with Crippen molar-refractivity contribution in [2.45, 2.75) is 38.6 Å². The van der Waals surface area contributed by atoms with Crippen molar-refractivity contribution >= 4 is 5.91 Å². The molecule has 2 aromatic carbocycles. The Labute approximate surface area is 132 Å². The van der Waals surface area contributed by atoms with Gasteiger partial charge in [0.15, 0.2) is 0 Å². The average Bonchev–Trinajstić information content (AvgIpc) is 3.03. The Morgan fingerprint density at radius 3 is 2.73 bits per heavy atom. The normalized spacial score (nSPS) is 17.7. The van der Waals surface area contributed by atoms with Gasteiger partial charge in [-0.15, -0.1) is 0 Å². The summed E-state index contributed by atoms with van der Waals surface area (Å²) in [5.74, 6) is 0.285. The van der Waals surface area contributed by atoms with Gasteiger partial charge in [-0.1, -0.05) is 60.2 Å². The Hall–Kier alpha value is -2.09. The van der Waals surface area contributed by atoms with Crippen molar-refractivity contribution in [3.63, 3.8) is 0 Å². The maximum Gasteiger partial charge on any atom is 0.223 e. The molecule has 0 radical (unpaired) electrons. The third-order valence-electron chi connectivity index (χ3n) is 4.47. The van der Waals surface area contributed by atoms with E-state index in [2.05, 4.69) is 60.4 Å². The molecule has 1 amide bonds. The minimum atomic E-state index is 0.270. The first kappa shape index (κ1) is 14.8. The number of aryl methyl sites for hydroxylation is 2. The van der Waals surface area contributed by atoms with Crippen LogP contribution in [-0.2, 0) is 11.2 Å². The lowest BCUT2D eigenvalue weighted by atomic mass is 10.0. The van der Waals surface area contributed by atoms with Crippen molar-refractivity contribution in [3.05, 3.63) is 71.3 Å². The molecule has 3 rings (SSSR count). The Bertz CT molecular complexity index is 635. The highest BCUT2D eigenvalue weighted by Crippen LogP contribution is 2.32. The first-order valence-electron chi connectivity index (χ1n) is 8.14. The van der Waals surface area contributed by atoms with E-state index in [1.54, 1.807) is 0 Å². The van der Waals surface area contributed by atoms with Crippen LogP contribution in [0.2, 0.25) is 0 Å². The van der Waals surface area contributed by atoms with Crippen LogP contribution >= 0.6 is 0 Å². The molecule has 1 aliphatic rings. The van der Waals surface area contributed by atoms with E-state index >= 15 is 0 Å². The molecule has 1 heterocycles. The molecule has 1 unspecified atom stereocenters. The summed E-state index contributed by atoms with van der Waals surface area (Å²) in [6.07, 6.45) is 3.63. The van der Waals surface area contributed by atoms with Gasteiger partial charge in [0.05, 0.1) is 6.04 Å². The topological polar surface area (TPSA) is 20.3 Å². The number of rotatable bonds is 4. The molecule has 0 bridgehead atoms. The molecule has 0 aromatic heterocycles. The molecular weight excluding hydrogens is 270 g/mol. The predicted octanol–water partition coefficient (Wildman–Crippen LogP) is 4.29. The minimum Gasteiger partial charge on any atom is -0.336 e. The minimum absolute atomic E-state index is 0.270. The fourth-order valence-corrected chi connectivity index (χ4v) is 3.35. The van der Waals surface area contributed by atoms with Crippen LogP contribution in [0.3, 0.4) is 0 Å². The standard InChI is InChI=1S/C20H23NO/c1-16-7-5-8-17(15-16)12-13-20(22)21-14-6-11-19(21)18-9-3-2-4-10-18/h2-5,7-10,15,19H,6,11-14H2,1H3. The Morgan fingerprint density at radius 1 is 1.14 bits per heavy atom. The summed E-state index contributed by atoms with van der Waals surface area (Å²) in [6.45, 7) is 2.99. The van der Waals surface area contributed by atoms with Crippen LogP contribution in [0.1, 0.15) is 42.0 Å². The van der Waals surface area contributed by atoms with Gasteiger partial charge < -0.3 is 4.90 Å². The monoisotopic (exact) mass is 293 g/mol. The van der Waals surface area contributed by atoms with Crippen molar-refractivity contribution in [1.82, 2.24) is 4.90 Å². The van der Waals surface area contributed by atoms with Crippen LogP contribution in [0.5, 0.6) is 0 Å². The van der Waals surface area contributed by atoms with Gasteiger partial charge >= 0.3 is 0 Å². The molecule has 1 atom stereocenters. The van der Waals surface area contributed by atoms with Crippen molar-refractivity contribution < 1.29 is 4.79 Å². The van der Waals surface area contributed by atoms with Crippen LogP contribution in [0, 0.1) is 6.92 Å². The maximum atomic E-state index is 12.6. The first-order valence-corrected chi connectivity index (χ1v) is 8.14. The van der Waals surface area contributed by atoms with Gasteiger partial charge in [0.1, 0.15) is 0 Å². The zero-order valence-corrected chi connectivity index (χ0v) is 13.2. The largest absolute Gasteiger partial charge is 0.336 e. The van der Waals surface area contributed by atoms with Crippen molar-refractivity contribution in [2.24, 2.45) is 0 Å². The number of carbonyl (C=O) groups is 1. The highest BCUT2D eigenvalue weighted by Gasteiger charge is 2.29. The predicted molar refractivity (Wildman–Crippen MR) is 89.6 cm³/mol. The van der Waals surface area contributed by atoms with Gasteiger partial charge in [0, 0.05) is 13.0 Å². The molecule has 1 fully saturated rings.